The van der Waals surface area contributed by atoms with Crippen molar-refractivity contribution in [3.8, 4) is 0 Å². The Hall–Kier alpha value is -0.830. The highest BCUT2D eigenvalue weighted by molar-refractivity contribution is 6.30. The molecule has 0 bridgehead atoms. The normalized spacial score (nSPS) is 10.9. The lowest BCUT2D eigenvalue weighted by molar-refractivity contribution is 0.617. The molecule has 0 N–H and O–H groups in total. The summed E-state index contributed by atoms with van der Waals surface area (Å²) < 4.78 is 0. The van der Waals surface area contributed by atoms with Crippen molar-refractivity contribution >= 4 is 17.4 Å². The van der Waals surface area contributed by atoms with Gasteiger partial charge in [0, 0.05) is 18.2 Å². The van der Waals surface area contributed by atoms with Gasteiger partial charge >= 0.3 is 0 Å². The second kappa shape index (κ2) is 6.80. The van der Waals surface area contributed by atoms with E-state index in [-0.39, 0.29) is 0 Å². The predicted molar refractivity (Wildman–Crippen MR) is 73.8 cm³/mol. The minimum Gasteiger partial charge on any atom is -0.354 e. The van der Waals surface area contributed by atoms with Crippen LogP contribution in [0.3, 0.4) is 0 Å². The minimum atomic E-state index is 0.427. The number of hydrogen-bond donors (Lipinski definition) is 0. The molecule has 0 aliphatic carbocycles. The molecule has 3 nitrogen and oxygen atoms in total. The van der Waals surface area contributed by atoms with E-state index >= 15 is 0 Å². The lowest BCUT2D eigenvalue weighted by Gasteiger charge is -2.29. The molecular formula is C13H22ClN3. The average molecular weight is 256 g/mol. The molecule has 1 heterocycles. The molecule has 1 aromatic heterocycles. The molecule has 1 rings (SSSR count). The molecule has 0 radical (unpaired) electrons. The summed E-state index contributed by atoms with van der Waals surface area (Å²) in [5.74, 6) is 0.969. The quantitative estimate of drug-likeness (QED) is 0.571. The van der Waals surface area contributed by atoms with Crippen molar-refractivity contribution in [3.63, 3.8) is 0 Å². The van der Waals surface area contributed by atoms with Gasteiger partial charge in [0.2, 0.25) is 0 Å². The van der Waals surface area contributed by atoms with Gasteiger partial charge in [0.15, 0.2) is 0 Å². The zero-order valence-electron chi connectivity index (χ0n) is 11.2. The summed E-state index contributed by atoms with van der Waals surface area (Å²) in [6.07, 6.45) is 5.21. The van der Waals surface area contributed by atoms with Gasteiger partial charge in [0.05, 0.1) is 0 Å². The molecule has 1 aromatic rings. The Labute approximate surface area is 109 Å². The van der Waals surface area contributed by atoms with E-state index in [1.807, 2.05) is 6.92 Å². The number of rotatable bonds is 6. The number of hydrogen-bond acceptors (Lipinski definition) is 3. The summed E-state index contributed by atoms with van der Waals surface area (Å²) >= 11 is 6.05. The fourth-order valence-electron chi connectivity index (χ4n) is 1.85. The molecule has 0 saturated carbocycles. The van der Waals surface area contributed by atoms with E-state index in [0.717, 1.165) is 17.9 Å². The number of aromatic nitrogens is 2. The lowest BCUT2D eigenvalue weighted by atomic mass is 10.2. The summed E-state index contributed by atoms with van der Waals surface area (Å²) in [7, 11) is 0. The van der Waals surface area contributed by atoms with Crippen molar-refractivity contribution in [2.24, 2.45) is 0 Å². The van der Waals surface area contributed by atoms with Crippen molar-refractivity contribution in [1.29, 1.82) is 0 Å². The van der Waals surface area contributed by atoms with E-state index in [4.69, 9.17) is 11.6 Å². The second-order valence-electron chi connectivity index (χ2n) is 4.61. The molecule has 0 amide bonds. The van der Waals surface area contributed by atoms with Crippen LogP contribution in [0.4, 0.5) is 5.82 Å². The van der Waals surface area contributed by atoms with Gasteiger partial charge in [-0.15, -0.1) is 0 Å². The van der Waals surface area contributed by atoms with Crippen molar-refractivity contribution in [2.75, 3.05) is 11.4 Å². The van der Waals surface area contributed by atoms with E-state index in [2.05, 4.69) is 35.6 Å². The highest BCUT2D eigenvalue weighted by Crippen LogP contribution is 2.24. The van der Waals surface area contributed by atoms with Crippen LogP contribution in [0.15, 0.2) is 6.33 Å². The summed E-state index contributed by atoms with van der Waals surface area (Å²) in [5, 5.41) is 0.552. The third-order valence-electron chi connectivity index (χ3n) is 2.89. The second-order valence-corrected chi connectivity index (χ2v) is 4.97. The number of unbranched alkanes of at least 4 members (excludes halogenated alkanes) is 2. The molecule has 0 atom stereocenters. The van der Waals surface area contributed by atoms with Gasteiger partial charge in [0.25, 0.3) is 0 Å². The molecule has 96 valence electrons. The predicted octanol–water partition coefficient (Wildman–Crippen LogP) is 3.84. The zero-order chi connectivity index (χ0) is 12.8. The zero-order valence-corrected chi connectivity index (χ0v) is 12.0. The van der Waals surface area contributed by atoms with E-state index in [1.54, 1.807) is 6.33 Å². The van der Waals surface area contributed by atoms with Gasteiger partial charge in [0.1, 0.15) is 17.3 Å². The Morgan fingerprint density at radius 3 is 2.59 bits per heavy atom. The van der Waals surface area contributed by atoms with Crippen LogP contribution in [0.1, 0.15) is 45.6 Å². The van der Waals surface area contributed by atoms with E-state index in [0.29, 0.717) is 11.2 Å². The molecule has 17 heavy (non-hydrogen) atoms. The van der Waals surface area contributed by atoms with Crippen LogP contribution >= 0.6 is 11.6 Å². The third-order valence-corrected chi connectivity index (χ3v) is 3.27. The third kappa shape index (κ3) is 3.84. The van der Waals surface area contributed by atoms with Gasteiger partial charge in [-0.2, -0.15) is 0 Å². The van der Waals surface area contributed by atoms with Crippen LogP contribution in [0.5, 0.6) is 0 Å². The first-order valence-electron chi connectivity index (χ1n) is 6.31. The highest BCUT2D eigenvalue weighted by Gasteiger charge is 2.15. The molecule has 0 aliphatic rings. The lowest BCUT2D eigenvalue weighted by Crippen LogP contribution is -2.33. The van der Waals surface area contributed by atoms with E-state index in [9.17, 15) is 0 Å². The topological polar surface area (TPSA) is 29.0 Å². The molecule has 0 unspecified atom stereocenters. The Morgan fingerprint density at radius 2 is 2.00 bits per heavy atom. The van der Waals surface area contributed by atoms with Crippen LogP contribution < -0.4 is 4.90 Å². The molecule has 0 saturated heterocycles. The Kier molecular flexibility index (Phi) is 5.69. The maximum absolute atomic E-state index is 6.05. The SMILES string of the molecule is CCCCCN(c1ncnc(Cl)c1C)C(C)C. The van der Waals surface area contributed by atoms with Gasteiger partial charge in [-0.1, -0.05) is 31.4 Å². The summed E-state index contributed by atoms with van der Waals surface area (Å²) in [4.78, 5) is 10.7. The number of anilines is 1. The number of halogens is 1. The molecular weight excluding hydrogens is 234 g/mol. The average Bonchev–Trinajstić information content (AvgIpc) is 2.29. The van der Waals surface area contributed by atoms with Crippen molar-refractivity contribution < 1.29 is 0 Å². The smallest absolute Gasteiger partial charge is 0.137 e. The molecule has 4 heteroatoms. The fourth-order valence-corrected chi connectivity index (χ4v) is 1.98. The first-order valence-corrected chi connectivity index (χ1v) is 6.69. The van der Waals surface area contributed by atoms with Crippen molar-refractivity contribution in [1.82, 2.24) is 9.97 Å². The van der Waals surface area contributed by atoms with Gasteiger partial charge in [-0.3, -0.25) is 0 Å². The summed E-state index contributed by atoms with van der Waals surface area (Å²) in [6.45, 7) is 9.59. The first-order chi connectivity index (χ1) is 8.07. The van der Waals surface area contributed by atoms with Crippen LogP contribution in [0.2, 0.25) is 5.15 Å². The maximum atomic E-state index is 6.05. The standard InChI is InChI=1S/C13H22ClN3/c1-5-6-7-8-17(10(2)3)13-11(4)12(14)15-9-16-13/h9-10H,5-8H2,1-4H3. The van der Waals surface area contributed by atoms with Crippen molar-refractivity contribution in [3.05, 3.63) is 17.0 Å². The summed E-state index contributed by atoms with van der Waals surface area (Å²) in [5.41, 5.74) is 0.972. The fraction of sp³-hybridized carbons (Fsp3) is 0.692. The van der Waals surface area contributed by atoms with Gasteiger partial charge in [-0.25, -0.2) is 9.97 Å². The Bertz CT molecular complexity index is 353. The highest BCUT2D eigenvalue weighted by atomic mass is 35.5. The largest absolute Gasteiger partial charge is 0.354 e. The van der Waals surface area contributed by atoms with Crippen LogP contribution in [-0.2, 0) is 0 Å². The van der Waals surface area contributed by atoms with Gasteiger partial charge < -0.3 is 4.90 Å². The van der Waals surface area contributed by atoms with Crippen LogP contribution in [0, 0.1) is 6.92 Å². The van der Waals surface area contributed by atoms with Crippen LogP contribution in [-0.4, -0.2) is 22.6 Å². The van der Waals surface area contributed by atoms with E-state index < -0.39 is 0 Å². The maximum Gasteiger partial charge on any atom is 0.137 e. The molecule has 0 fully saturated rings. The van der Waals surface area contributed by atoms with Crippen LogP contribution in [0.25, 0.3) is 0 Å². The van der Waals surface area contributed by atoms with Crippen molar-refractivity contribution in [2.45, 2.75) is 53.0 Å². The van der Waals surface area contributed by atoms with E-state index in [1.165, 1.54) is 19.3 Å². The monoisotopic (exact) mass is 255 g/mol. The number of nitrogens with zero attached hydrogens (tertiary/aromatic N) is 3. The van der Waals surface area contributed by atoms with Gasteiger partial charge in [-0.05, 0) is 27.2 Å². The molecule has 0 spiro atoms. The molecule has 0 aromatic carbocycles. The summed E-state index contributed by atoms with van der Waals surface area (Å²) in [6, 6.07) is 0.427. The Morgan fingerprint density at radius 1 is 1.29 bits per heavy atom. The first kappa shape index (κ1) is 14.2. The minimum absolute atomic E-state index is 0.427. The Balaban J connectivity index is 2.86. The molecule has 0 aliphatic heterocycles.